The predicted octanol–water partition coefficient (Wildman–Crippen LogP) is 1.88. The van der Waals surface area contributed by atoms with Gasteiger partial charge in [0.15, 0.2) is 4.34 Å². The Balaban J connectivity index is 2.15. The molecule has 1 heterocycles. The van der Waals surface area contributed by atoms with Crippen molar-refractivity contribution >= 4 is 29.1 Å². The van der Waals surface area contributed by atoms with Crippen LogP contribution in [0, 0.1) is 5.92 Å². The summed E-state index contributed by atoms with van der Waals surface area (Å²) in [4.78, 5) is 11.2. The number of aliphatic carboxylic acids is 1. The normalized spacial score (nSPS) is 20.4. The molecule has 14 heavy (non-hydrogen) atoms. The Labute approximate surface area is 89.7 Å². The van der Waals surface area contributed by atoms with Crippen molar-refractivity contribution in [3.05, 3.63) is 5.51 Å². The first-order valence-electron chi connectivity index (χ1n) is 4.31. The quantitative estimate of drug-likeness (QED) is 0.800. The minimum atomic E-state index is -0.750. The molecule has 1 unspecified atom stereocenters. The third-order valence-corrected chi connectivity index (χ3v) is 4.63. The second-order valence-electron chi connectivity index (χ2n) is 3.49. The number of carboxylic acid groups (broad SMARTS) is 1. The van der Waals surface area contributed by atoms with Crippen molar-refractivity contribution in [3.8, 4) is 0 Å². The van der Waals surface area contributed by atoms with E-state index < -0.39 is 10.7 Å². The van der Waals surface area contributed by atoms with Gasteiger partial charge in [0.1, 0.15) is 10.3 Å². The largest absolute Gasteiger partial charge is 0.480 e. The SMILES string of the molecule is CC(Sc1nncs1)(C(=O)O)C1CC1. The standard InChI is InChI=1S/C8H10N2O2S2/c1-8(6(11)12,5-2-3-5)14-7-10-9-4-13-7/h4-5H,2-3H2,1H3,(H,11,12). The van der Waals surface area contributed by atoms with E-state index in [4.69, 9.17) is 0 Å². The van der Waals surface area contributed by atoms with E-state index in [1.807, 2.05) is 0 Å². The number of nitrogens with zero attached hydrogens (tertiary/aromatic N) is 2. The molecule has 0 spiro atoms. The van der Waals surface area contributed by atoms with E-state index in [0.717, 1.165) is 17.2 Å². The molecule has 4 nitrogen and oxygen atoms in total. The fraction of sp³-hybridized carbons (Fsp3) is 0.625. The Bertz CT molecular complexity index is 337. The number of hydrogen-bond acceptors (Lipinski definition) is 5. The molecule has 1 aromatic heterocycles. The van der Waals surface area contributed by atoms with Gasteiger partial charge in [-0.2, -0.15) is 0 Å². The molecule has 0 amide bonds. The van der Waals surface area contributed by atoms with Crippen LogP contribution in [0.1, 0.15) is 19.8 Å². The molecule has 2 rings (SSSR count). The van der Waals surface area contributed by atoms with Crippen molar-refractivity contribution in [2.75, 3.05) is 0 Å². The van der Waals surface area contributed by atoms with Crippen LogP contribution in [0.3, 0.4) is 0 Å². The molecule has 1 aromatic rings. The molecule has 0 radical (unpaired) electrons. The molecule has 1 saturated carbocycles. The molecule has 1 N–H and O–H groups in total. The first-order chi connectivity index (χ1) is 6.63. The van der Waals surface area contributed by atoms with Gasteiger partial charge in [0, 0.05) is 0 Å². The van der Waals surface area contributed by atoms with Gasteiger partial charge in [0.25, 0.3) is 0 Å². The number of hydrogen-bond donors (Lipinski definition) is 1. The fourth-order valence-corrected chi connectivity index (χ4v) is 3.38. The lowest BCUT2D eigenvalue weighted by atomic mass is 10.1. The van der Waals surface area contributed by atoms with Crippen molar-refractivity contribution in [3.63, 3.8) is 0 Å². The predicted molar refractivity (Wildman–Crippen MR) is 54.5 cm³/mol. The van der Waals surface area contributed by atoms with Crippen LogP contribution in [-0.2, 0) is 4.79 Å². The third kappa shape index (κ3) is 1.76. The molecule has 0 bridgehead atoms. The van der Waals surface area contributed by atoms with E-state index in [1.165, 1.54) is 23.1 Å². The van der Waals surface area contributed by atoms with Gasteiger partial charge in [-0.05, 0) is 25.7 Å². The van der Waals surface area contributed by atoms with E-state index in [-0.39, 0.29) is 5.92 Å². The zero-order chi connectivity index (χ0) is 10.2. The van der Waals surface area contributed by atoms with Crippen LogP contribution >= 0.6 is 23.1 Å². The number of rotatable bonds is 4. The Morgan fingerprint density at radius 3 is 2.93 bits per heavy atom. The summed E-state index contributed by atoms with van der Waals surface area (Å²) in [5.41, 5.74) is 1.62. The molecule has 0 aromatic carbocycles. The van der Waals surface area contributed by atoms with Crippen molar-refractivity contribution in [2.24, 2.45) is 5.92 Å². The maximum Gasteiger partial charge on any atom is 0.320 e. The lowest BCUT2D eigenvalue weighted by Crippen LogP contribution is -2.33. The summed E-state index contributed by atoms with van der Waals surface area (Å²) in [5.74, 6) is -0.464. The third-order valence-electron chi connectivity index (χ3n) is 2.42. The maximum absolute atomic E-state index is 11.2. The summed E-state index contributed by atoms with van der Waals surface area (Å²) in [6.45, 7) is 1.78. The van der Waals surface area contributed by atoms with Gasteiger partial charge in [-0.3, -0.25) is 4.79 Å². The molecular weight excluding hydrogens is 220 g/mol. The first kappa shape index (κ1) is 9.92. The molecule has 76 valence electrons. The van der Waals surface area contributed by atoms with E-state index in [1.54, 1.807) is 12.4 Å². The Morgan fingerprint density at radius 2 is 2.50 bits per heavy atom. The first-order valence-corrected chi connectivity index (χ1v) is 6.01. The Morgan fingerprint density at radius 1 is 1.79 bits per heavy atom. The van der Waals surface area contributed by atoms with Crippen LogP contribution in [0.25, 0.3) is 0 Å². The molecule has 1 atom stereocenters. The zero-order valence-electron chi connectivity index (χ0n) is 7.64. The second-order valence-corrected chi connectivity index (χ2v) is 6.02. The summed E-state index contributed by atoms with van der Waals surface area (Å²) in [5, 5.41) is 16.7. The van der Waals surface area contributed by atoms with Gasteiger partial charge >= 0.3 is 5.97 Å². The van der Waals surface area contributed by atoms with Crippen LogP contribution in [0.4, 0.5) is 0 Å². The smallest absolute Gasteiger partial charge is 0.320 e. The van der Waals surface area contributed by atoms with Crippen molar-refractivity contribution < 1.29 is 9.90 Å². The molecule has 1 aliphatic carbocycles. The maximum atomic E-state index is 11.2. The zero-order valence-corrected chi connectivity index (χ0v) is 9.27. The van der Waals surface area contributed by atoms with Crippen molar-refractivity contribution in [1.29, 1.82) is 0 Å². The van der Waals surface area contributed by atoms with Crippen LogP contribution < -0.4 is 0 Å². The van der Waals surface area contributed by atoms with Gasteiger partial charge in [0.2, 0.25) is 0 Å². The summed E-state index contributed by atoms with van der Waals surface area (Å²) >= 11 is 2.71. The van der Waals surface area contributed by atoms with Gasteiger partial charge in [-0.1, -0.05) is 23.1 Å². The van der Waals surface area contributed by atoms with Crippen molar-refractivity contribution in [2.45, 2.75) is 28.9 Å². The van der Waals surface area contributed by atoms with Crippen LogP contribution in [0.2, 0.25) is 0 Å². The molecule has 1 fully saturated rings. The molecule has 1 aliphatic rings. The van der Waals surface area contributed by atoms with E-state index >= 15 is 0 Å². The number of carboxylic acids is 1. The van der Waals surface area contributed by atoms with Crippen LogP contribution in [-0.4, -0.2) is 26.0 Å². The summed E-state index contributed by atoms with van der Waals surface area (Å²) in [6.07, 6.45) is 2.02. The molecular formula is C8H10N2O2S2. The van der Waals surface area contributed by atoms with E-state index in [2.05, 4.69) is 10.2 Å². The highest BCUT2D eigenvalue weighted by atomic mass is 32.2. The molecule has 0 aliphatic heterocycles. The topological polar surface area (TPSA) is 63.1 Å². The molecule has 6 heteroatoms. The highest BCUT2D eigenvalue weighted by molar-refractivity contribution is 8.03. The van der Waals surface area contributed by atoms with Gasteiger partial charge < -0.3 is 5.11 Å². The highest BCUT2D eigenvalue weighted by Crippen LogP contribution is 2.50. The fourth-order valence-electron chi connectivity index (χ4n) is 1.32. The lowest BCUT2D eigenvalue weighted by Gasteiger charge is -2.21. The number of thioether (sulfide) groups is 1. The van der Waals surface area contributed by atoms with E-state index in [9.17, 15) is 9.90 Å². The highest BCUT2D eigenvalue weighted by Gasteiger charge is 2.49. The molecule has 0 saturated heterocycles. The van der Waals surface area contributed by atoms with Gasteiger partial charge in [-0.15, -0.1) is 10.2 Å². The van der Waals surface area contributed by atoms with Crippen molar-refractivity contribution in [1.82, 2.24) is 10.2 Å². The minimum Gasteiger partial charge on any atom is -0.480 e. The lowest BCUT2D eigenvalue weighted by molar-refractivity contribution is -0.139. The number of carbonyl (C=O) groups is 1. The minimum absolute atomic E-state index is 0.286. The van der Waals surface area contributed by atoms with Gasteiger partial charge in [0.05, 0.1) is 0 Å². The summed E-state index contributed by atoms with van der Waals surface area (Å²) in [6, 6.07) is 0. The van der Waals surface area contributed by atoms with Crippen LogP contribution in [0.15, 0.2) is 9.85 Å². The second kappa shape index (κ2) is 3.51. The average molecular weight is 230 g/mol. The Kier molecular flexibility index (Phi) is 2.48. The van der Waals surface area contributed by atoms with Gasteiger partial charge in [-0.25, -0.2) is 0 Å². The summed E-state index contributed by atoms with van der Waals surface area (Å²) < 4.78 is 0.0151. The Hall–Kier alpha value is -0.620. The summed E-state index contributed by atoms with van der Waals surface area (Å²) in [7, 11) is 0. The average Bonchev–Trinajstić information content (AvgIpc) is 2.87. The monoisotopic (exact) mass is 230 g/mol. The number of aromatic nitrogens is 2. The van der Waals surface area contributed by atoms with E-state index in [0.29, 0.717) is 0 Å². The van der Waals surface area contributed by atoms with Crippen LogP contribution in [0.5, 0.6) is 0 Å².